The van der Waals surface area contributed by atoms with Gasteiger partial charge in [-0.05, 0) is 17.2 Å². The van der Waals surface area contributed by atoms with Crippen LogP contribution in [0.3, 0.4) is 0 Å². The van der Waals surface area contributed by atoms with E-state index in [1.54, 1.807) is 6.07 Å². The van der Waals surface area contributed by atoms with Crippen LogP contribution in [-0.4, -0.2) is 18.4 Å². The van der Waals surface area contributed by atoms with Crippen molar-refractivity contribution in [1.29, 1.82) is 0 Å². The third-order valence-corrected chi connectivity index (χ3v) is 2.69. The van der Waals surface area contributed by atoms with E-state index in [4.69, 9.17) is 0 Å². The van der Waals surface area contributed by atoms with Crippen LogP contribution >= 0.6 is 0 Å². The van der Waals surface area contributed by atoms with Crippen molar-refractivity contribution in [1.82, 2.24) is 0 Å². The van der Waals surface area contributed by atoms with E-state index in [0.717, 1.165) is 0 Å². The SMILES string of the molecule is C=Cc1cccc(S(=O)(=O)[O-])c1C=C.O.[Na+]. The average Bonchev–Trinajstić information content (AvgIpc) is 2.15. The van der Waals surface area contributed by atoms with Crippen molar-refractivity contribution in [3.8, 4) is 0 Å². The zero-order valence-electron chi connectivity index (χ0n) is 8.93. The van der Waals surface area contributed by atoms with Gasteiger partial charge in [-0.15, -0.1) is 0 Å². The van der Waals surface area contributed by atoms with E-state index < -0.39 is 10.1 Å². The quantitative estimate of drug-likeness (QED) is 0.461. The Hall–Kier alpha value is -0.430. The predicted octanol–water partition coefficient (Wildman–Crippen LogP) is -1.94. The summed E-state index contributed by atoms with van der Waals surface area (Å²) < 4.78 is 32.5. The molecule has 1 aromatic rings. The largest absolute Gasteiger partial charge is 1.00 e. The topological polar surface area (TPSA) is 88.7 Å². The van der Waals surface area contributed by atoms with Crippen LogP contribution in [0.4, 0.5) is 0 Å². The third kappa shape index (κ3) is 3.86. The summed E-state index contributed by atoms with van der Waals surface area (Å²) >= 11 is 0. The minimum Gasteiger partial charge on any atom is -0.744 e. The van der Waals surface area contributed by atoms with E-state index in [1.807, 2.05) is 0 Å². The van der Waals surface area contributed by atoms with E-state index >= 15 is 0 Å². The second-order valence-corrected chi connectivity index (χ2v) is 3.97. The van der Waals surface area contributed by atoms with Gasteiger partial charge in [0.25, 0.3) is 0 Å². The molecule has 0 heterocycles. The fourth-order valence-electron chi connectivity index (χ4n) is 1.18. The Morgan fingerprint density at radius 1 is 1.19 bits per heavy atom. The van der Waals surface area contributed by atoms with Gasteiger partial charge in [-0.3, -0.25) is 0 Å². The van der Waals surface area contributed by atoms with Crippen LogP contribution in [0, 0.1) is 0 Å². The van der Waals surface area contributed by atoms with Crippen LogP contribution in [0.1, 0.15) is 11.1 Å². The molecule has 0 aromatic heterocycles. The predicted molar refractivity (Wildman–Crippen MR) is 58.2 cm³/mol. The Morgan fingerprint density at radius 2 is 1.75 bits per heavy atom. The van der Waals surface area contributed by atoms with Gasteiger partial charge in [-0.2, -0.15) is 0 Å². The van der Waals surface area contributed by atoms with Gasteiger partial charge in [0.2, 0.25) is 0 Å². The Balaban J connectivity index is 0. The van der Waals surface area contributed by atoms with E-state index in [1.165, 1.54) is 24.3 Å². The molecule has 0 fully saturated rings. The van der Waals surface area contributed by atoms with Crippen molar-refractivity contribution >= 4 is 22.3 Å². The van der Waals surface area contributed by atoms with Crippen molar-refractivity contribution in [2.75, 3.05) is 0 Å². The Morgan fingerprint density at radius 3 is 2.12 bits per heavy atom. The van der Waals surface area contributed by atoms with E-state index in [2.05, 4.69) is 13.2 Å². The Kier molecular flexibility index (Phi) is 7.86. The first-order chi connectivity index (χ1) is 6.50. The molecule has 0 aliphatic rings. The van der Waals surface area contributed by atoms with Crippen LogP contribution in [0.2, 0.25) is 0 Å². The smallest absolute Gasteiger partial charge is 0.744 e. The molecule has 0 atom stereocenters. The van der Waals surface area contributed by atoms with E-state index in [0.29, 0.717) is 11.1 Å². The summed E-state index contributed by atoms with van der Waals surface area (Å²) in [4.78, 5) is -0.259. The maximum atomic E-state index is 10.8. The zero-order chi connectivity index (χ0) is 10.8. The second kappa shape index (κ2) is 7.01. The second-order valence-electron chi connectivity index (χ2n) is 2.62. The van der Waals surface area contributed by atoms with Gasteiger partial charge in [0.1, 0.15) is 10.1 Å². The monoisotopic (exact) mass is 250 g/mol. The van der Waals surface area contributed by atoms with Gasteiger partial charge < -0.3 is 10.0 Å². The minimum atomic E-state index is -4.45. The Bertz CT molecular complexity index is 480. The maximum absolute atomic E-state index is 10.8. The first-order valence-corrected chi connectivity index (χ1v) is 5.25. The van der Waals surface area contributed by atoms with Crippen LogP contribution in [0.25, 0.3) is 12.2 Å². The summed E-state index contributed by atoms with van der Waals surface area (Å²) in [6, 6.07) is 4.42. The molecule has 1 aromatic carbocycles. The van der Waals surface area contributed by atoms with Gasteiger partial charge in [0, 0.05) is 0 Å². The maximum Gasteiger partial charge on any atom is 1.00 e. The average molecular weight is 250 g/mol. The summed E-state index contributed by atoms with van der Waals surface area (Å²) in [7, 11) is -4.45. The molecule has 4 nitrogen and oxygen atoms in total. The molecule has 0 amide bonds. The van der Waals surface area contributed by atoms with Crippen molar-refractivity contribution in [2.24, 2.45) is 0 Å². The molecule has 2 N–H and O–H groups in total. The van der Waals surface area contributed by atoms with Crippen LogP contribution in [0.15, 0.2) is 36.3 Å². The van der Waals surface area contributed by atoms with Crippen LogP contribution in [0.5, 0.6) is 0 Å². The molecule has 0 aliphatic heterocycles. The first-order valence-electron chi connectivity index (χ1n) is 3.84. The molecule has 0 aliphatic carbocycles. The number of rotatable bonds is 3. The molecular weight excluding hydrogens is 239 g/mol. The molecule has 0 saturated carbocycles. The Labute approximate surface area is 117 Å². The molecule has 0 bridgehead atoms. The molecule has 0 spiro atoms. The molecule has 0 saturated heterocycles. The molecule has 0 unspecified atom stereocenters. The fraction of sp³-hybridized carbons (Fsp3) is 0. The van der Waals surface area contributed by atoms with Crippen molar-refractivity contribution < 1.29 is 48.0 Å². The van der Waals surface area contributed by atoms with Crippen molar-refractivity contribution in [3.63, 3.8) is 0 Å². The summed E-state index contributed by atoms with van der Waals surface area (Å²) in [5, 5.41) is 0. The van der Waals surface area contributed by atoms with E-state index in [-0.39, 0.29) is 39.9 Å². The van der Waals surface area contributed by atoms with Crippen molar-refractivity contribution in [3.05, 3.63) is 42.5 Å². The normalized spacial score (nSPS) is 9.56. The molecule has 0 radical (unpaired) electrons. The van der Waals surface area contributed by atoms with Crippen LogP contribution in [-0.2, 0) is 10.1 Å². The number of hydrogen-bond acceptors (Lipinski definition) is 3. The van der Waals surface area contributed by atoms with Crippen LogP contribution < -0.4 is 29.6 Å². The zero-order valence-corrected chi connectivity index (χ0v) is 11.8. The fourth-order valence-corrected chi connectivity index (χ4v) is 1.89. The van der Waals surface area contributed by atoms with E-state index in [9.17, 15) is 13.0 Å². The molecule has 16 heavy (non-hydrogen) atoms. The first kappa shape index (κ1) is 17.9. The number of benzene rings is 1. The van der Waals surface area contributed by atoms with Gasteiger partial charge in [-0.1, -0.05) is 37.4 Å². The molecule has 82 valence electrons. The van der Waals surface area contributed by atoms with Gasteiger partial charge >= 0.3 is 29.6 Å². The van der Waals surface area contributed by atoms with Gasteiger partial charge in [-0.25, -0.2) is 8.42 Å². The standard InChI is InChI=1S/C10H10O3S.Na.H2O/c1-3-8-6-5-7-10(9(8)4-2)14(11,12)13;;/h3-7H,1-2H2,(H,11,12,13);;1H2/q;+1;/p-1. The number of hydrogen-bond donors (Lipinski definition) is 0. The molecule has 6 heteroatoms. The minimum absolute atomic E-state index is 0. The summed E-state index contributed by atoms with van der Waals surface area (Å²) in [6.07, 6.45) is 2.81. The molecular formula is C10H11NaO4S. The van der Waals surface area contributed by atoms with Gasteiger partial charge in [0.15, 0.2) is 0 Å². The van der Waals surface area contributed by atoms with Gasteiger partial charge in [0.05, 0.1) is 4.90 Å². The molecule has 1 rings (SSSR count). The third-order valence-electron chi connectivity index (χ3n) is 1.79. The summed E-state index contributed by atoms with van der Waals surface area (Å²) in [5.74, 6) is 0. The van der Waals surface area contributed by atoms with Crippen molar-refractivity contribution in [2.45, 2.75) is 4.90 Å². The summed E-state index contributed by atoms with van der Waals surface area (Å²) in [6.45, 7) is 6.98. The summed E-state index contributed by atoms with van der Waals surface area (Å²) in [5.41, 5.74) is 0.884.